The van der Waals surface area contributed by atoms with Crippen LogP contribution in [-0.4, -0.2) is 25.4 Å². The fourth-order valence-electron chi connectivity index (χ4n) is 1.73. The average molecular weight is 442 g/mol. The topological polar surface area (TPSA) is 12.0 Å². The van der Waals surface area contributed by atoms with E-state index < -0.39 is 0 Å². The number of aryl methyl sites for hydroxylation is 1. The SMILES string of the molecule is Cc1ccc(C([NH][Po])c2ccccc2)cc1.Cl. The van der Waals surface area contributed by atoms with E-state index in [1.54, 1.807) is 0 Å². The van der Waals surface area contributed by atoms with Gasteiger partial charge in [-0.25, -0.2) is 0 Å². The minimum atomic E-state index is 0. The molecule has 0 fully saturated rings. The molecular formula is C14H15ClNPo. The number of hydrogen-bond donors (Lipinski definition) is 1. The molecule has 1 N–H and O–H groups in total. The van der Waals surface area contributed by atoms with Crippen molar-refractivity contribution in [2.75, 3.05) is 0 Å². The van der Waals surface area contributed by atoms with Gasteiger partial charge in [0.25, 0.3) is 0 Å². The molecule has 2 aromatic rings. The molecule has 0 heterocycles. The van der Waals surface area contributed by atoms with Gasteiger partial charge in [0.1, 0.15) is 0 Å². The van der Waals surface area contributed by atoms with Gasteiger partial charge < -0.3 is 0 Å². The van der Waals surface area contributed by atoms with Crippen molar-refractivity contribution in [1.29, 1.82) is 0 Å². The summed E-state index contributed by atoms with van der Waals surface area (Å²) in [5.74, 6) is 0. The van der Waals surface area contributed by atoms with Gasteiger partial charge in [-0.1, -0.05) is 0 Å². The maximum absolute atomic E-state index is 3.44. The molecule has 0 amide bonds. The van der Waals surface area contributed by atoms with Crippen LogP contribution >= 0.6 is 12.4 Å². The van der Waals surface area contributed by atoms with E-state index in [9.17, 15) is 0 Å². The average Bonchev–Trinajstić information content (AvgIpc) is 2.34. The Kier molecular flexibility index (Phi) is 6.13. The van der Waals surface area contributed by atoms with E-state index >= 15 is 0 Å². The van der Waals surface area contributed by atoms with Crippen molar-refractivity contribution < 1.29 is 0 Å². The maximum Gasteiger partial charge on any atom is -0.147 e. The van der Waals surface area contributed by atoms with Gasteiger partial charge in [-0.3, -0.25) is 0 Å². The van der Waals surface area contributed by atoms with Crippen molar-refractivity contribution in [1.82, 2.24) is 3.22 Å². The van der Waals surface area contributed by atoms with Crippen LogP contribution in [0.5, 0.6) is 0 Å². The van der Waals surface area contributed by atoms with Crippen LogP contribution < -0.4 is 3.22 Å². The zero-order chi connectivity index (χ0) is 11.4. The Bertz CT molecular complexity index is 442. The Balaban J connectivity index is 0.00000144. The first-order chi connectivity index (χ1) is 7.81. The third kappa shape index (κ3) is 3.78. The summed E-state index contributed by atoms with van der Waals surface area (Å²) in [4.78, 5) is 0. The summed E-state index contributed by atoms with van der Waals surface area (Å²) in [6.45, 7) is 2.12. The Morgan fingerprint density at radius 3 is 1.94 bits per heavy atom. The second-order valence-corrected chi connectivity index (χ2v) is 4.79. The number of halogens is 1. The third-order valence-electron chi connectivity index (χ3n) is 2.66. The fourth-order valence-corrected chi connectivity index (χ4v) is 2.79. The van der Waals surface area contributed by atoms with Crippen LogP contribution in [0.3, 0.4) is 0 Å². The number of nitrogens with one attached hydrogen (secondary N) is 1. The third-order valence-corrected chi connectivity index (χ3v) is 3.58. The maximum atomic E-state index is 3.44. The van der Waals surface area contributed by atoms with Gasteiger partial charge in [-0.15, -0.1) is 12.4 Å². The number of benzene rings is 2. The summed E-state index contributed by atoms with van der Waals surface area (Å²) in [6, 6.07) is 19.6. The van der Waals surface area contributed by atoms with Gasteiger partial charge in [0.2, 0.25) is 0 Å². The first-order valence-corrected chi connectivity index (χ1v) is 6.89. The van der Waals surface area contributed by atoms with Crippen molar-refractivity contribution in [2.45, 2.75) is 13.0 Å². The molecule has 0 saturated heterocycles. The Labute approximate surface area is 125 Å². The normalized spacial score (nSPS) is 11.6. The van der Waals surface area contributed by atoms with Gasteiger partial charge >= 0.3 is 113 Å². The van der Waals surface area contributed by atoms with Crippen LogP contribution in [0, 0.1) is 6.92 Å². The molecule has 89 valence electrons. The van der Waals surface area contributed by atoms with Crippen LogP contribution in [-0.2, 0) is 0 Å². The summed E-state index contributed by atoms with van der Waals surface area (Å²) in [5, 5.41) is 0. The van der Waals surface area contributed by atoms with Gasteiger partial charge in [0.05, 0.1) is 0 Å². The minimum Gasteiger partial charge on any atom is -0.147 e. The molecule has 17 heavy (non-hydrogen) atoms. The van der Waals surface area contributed by atoms with E-state index in [1.807, 2.05) is 0 Å². The van der Waals surface area contributed by atoms with Gasteiger partial charge in [-0.2, -0.15) is 0 Å². The largest absolute Gasteiger partial charge is 0.147 e. The van der Waals surface area contributed by atoms with Crippen LogP contribution in [0.4, 0.5) is 0 Å². The Hall–Kier alpha value is -0.414. The zero-order valence-electron chi connectivity index (χ0n) is 9.59. The van der Waals surface area contributed by atoms with Crippen molar-refractivity contribution >= 4 is 37.8 Å². The Morgan fingerprint density at radius 2 is 1.41 bits per heavy atom. The fraction of sp³-hybridized carbons (Fsp3) is 0.143. The van der Waals surface area contributed by atoms with Crippen LogP contribution in [0.25, 0.3) is 0 Å². The van der Waals surface area contributed by atoms with Crippen LogP contribution in [0.2, 0.25) is 0 Å². The van der Waals surface area contributed by atoms with Crippen LogP contribution in [0.15, 0.2) is 54.6 Å². The molecule has 1 nitrogen and oxygen atoms in total. The first kappa shape index (κ1) is 14.6. The summed E-state index contributed by atoms with van der Waals surface area (Å²) in [6.07, 6.45) is 0. The molecule has 1 unspecified atom stereocenters. The van der Waals surface area contributed by atoms with Gasteiger partial charge in [-0.05, 0) is 0 Å². The van der Waals surface area contributed by atoms with Crippen molar-refractivity contribution in [3.63, 3.8) is 0 Å². The van der Waals surface area contributed by atoms with E-state index in [1.165, 1.54) is 42.0 Å². The molecule has 2 aromatic carbocycles. The molecule has 3 heteroatoms. The molecule has 0 aliphatic rings. The zero-order valence-corrected chi connectivity index (χ0v) is 13.6. The van der Waals surface area contributed by atoms with E-state index in [2.05, 4.69) is 64.7 Å². The van der Waals surface area contributed by atoms with Gasteiger partial charge in [0, 0.05) is 0 Å². The van der Waals surface area contributed by atoms with Crippen molar-refractivity contribution in [2.24, 2.45) is 0 Å². The second kappa shape index (κ2) is 7.12. The predicted octanol–water partition coefficient (Wildman–Crippen LogP) is 3.18. The van der Waals surface area contributed by atoms with E-state index in [-0.39, 0.29) is 12.4 Å². The van der Waals surface area contributed by atoms with Crippen molar-refractivity contribution in [3.05, 3.63) is 71.3 Å². The van der Waals surface area contributed by atoms with Crippen molar-refractivity contribution in [3.8, 4) is 0 Å². The quantitative estimate of drug-likeness (QED) is 0.771. The molecule has 0 aliphatic carbocycles. The number of rotatable bonds is 3. The predicted molar refractivity (Wildman–Crippen MR) is 75.6 cm³/mol. The molecular weight excluding hydrogens is 427 g/mol. The second-order valence-electron chi connectivity index (χ2n) is 3.87. The first-order valence-electron chi connectivity index (χ1n) is 5.30. The molecule has 0 aliphatic heterocycles. The molecule has 0 bridgehead atoms. The molecule has 0 spiro atoms. The minimum absolute atomic E-state index is 0. The smallest absolute Gasteiger partial charge is 0.147 e. The summed E-state index contributed by atoms with van der Waals surface area (Å²) in [7, 11) is 0. The summed E-state index contributed by atoms with van der Waals surface area (Å²) in [5.41, 5.74) is 3.95. The standard InChI is InChI=1S/C14H14N.ClH.Po/c1-11-7-9-13(10-8-11)14(15)12-5-3-2-4-6-12;;/h2-10,14-15H,1H3;1H;/q-1;;+1. The summed E-state index contributed by atoms with van der Waals surface area (Å²) >= 11 is 1.39. The molecule has 0 aromatic heterocycles. The van der Waals surface area contributed by atoms with Gasteiger partial charge in [0.15, 0.2) is 0 Å². The molecule has 0 saturated carbocycles. The van der Waals surface area contributed by atoms with E-state index in [0.717, 1.165) is 0 Å². The molecule has 2 rings (SSSR count). The van der Waals surface area contributed by atoms with E-state index in [4.69, 9.17) is 0 Å². The number of hydrogen-bond acceptors (Lipinski definition) is 1. The summed E-state index contributed by atoms with van der Waals surface area (Å²) < 4.78 is 3.44. The monoisotopic (exact) mass is 441 g/mol. The Morgan fingerprint density at radius 1 is 0.882 bits per heavy atom. The molecule has 1 atom stereocenters. The van der Waals surface area contributed by atoms with E-state index in [0.29, 0.717) is 6.04 Å². The molecule has 1 radical (unpaired) electrons. The van der Waals surface area contributed by atoms with Crippen LogP contribution in [0.1, 0.15) is 22.7 Å².